The number of alkyl halides is 2. The van der Waals surface area contributed by atoms with Gasteiger partial charge >= 0.3 is 0 Å². The lowest BCUT2D eigenvalue weighted by Crippen LogP contribution is -1.47. The number of benzene rings is 1. The second-order valence-electron chi connectivity index (χ2n) is 1.42. The minimum atomic E-state index is 1.06. The molecule has 2 heteroatoms. The molecule has 0 unspecified atom stereocenters. The minimum Gasteiger partial charge on any atom is -0.0966 e. The van der Waals surface area contributed by atoms with Gasteiger partial charge in [0.05, 0.1) is 0 Å². The average Bonchev–Trinajstić information content (AvgIpc) is 2.27. The molecule has 1 aromatic carbocycles. The lowest BCUT2D eigenvalue weighted by Gasteiger charge is -1.69. The van der Waals surface area contributed by atoms with E-state index in [1.807, 2.05) is 63.0 Å². The van der Waals surface area contributed by atoms with Crippen molar-refractivity contribution in [1.82, 2.24) is 0 Å². The van der Waals surface area contributed by atoms with Gasteiger partial charge in [0.15, 0.2) is 0 Å². The first-order valence-electron chi connectivity index (χ1n) is 4.35. The molecule has 0 aliphatic rings. The van der Waals surface area contributed by atoms with Crippen LogP contribution in [0.3, 0.4) is 0 Å². The van der Waals surface area contributed by atoms with Crippen molar-refractivity contribution in [2.75, 3.05) is 11.2 Å². The first-order valence-corrected chi connectivity index (χ1v) is 7.06. The summed E-state index contributed by atoms with van der Waals surface area (Å²) in [7, 11) is 0. The van der Waals surface area contributed by atoms with Crippen molar-refractivity contribution in [2.24, 2.45) is 0 Å². The maximum absolute atomic E-state index is 3.15. The SMILES string of the molecule is CBr.CC.CCBr.c1ccccc1. The molecule has 13 heavy (non-hydrogen) atoms. The second-order valence-corrected chi connectivity index (χ2v) is 2.54. The zero-order valence-electron chi connectivity index (χ0n) is 8.93. The van der Waals surface area contributed by atoms with Crippen LogP contribution in [0.2, 0.25) is 0 Å². The number of hydrogen-bond donors (Lipinski definition) is 0. The molecule has 0 saturated carbocycles. The van der Waals surface area contributed by atoms with Gasteiger partial charge in [-0.25, -0.2) is 0 Å². The van der Waals surface area contributed by atoms with Crippen LogP contribution >= 0.6 is 31.9 Å². The normalized spacial score (nSPS) is 6.00. The number of hydrogen-bond acceptors (Lipinski definition) is 0. The van der Waals surface area contributed by atoms with Gasteiger partial charge < -0.3 is 0 Å². The highest BCUT2D eigenvalue weighted by Crippen LogP contribution is 1.79. The summed E-state index contributed by atoms with van der Waals surface area (Å²) in [6.45, 7) is 6.04. The van der Waals surface area contributed by atoms with Gasteiger partial charge in [0.2, 0.25) is 0 Å². The highest BCUT2D eigenvalue weighted by molar-refractivity contribution is 9.09. The lowest BCUT2D eigenvalue weighted by atomic mass is 10.4. The Kier molecular flexibility index (Phi) is 42.9. The molecule has 1 rings (SSSR count). The van der Waals surface area contributed by atoms with E-state index in [-0.39, 0.29) is 0 Å². The topological polar surface area (TPSA) is 0 Å². The van der Waals surface area contributed by atoms with Crippen molar-refractivity contribution >= 4 is 31.9 Å². The van der Waals surface area contributed by atoms with Crippen LogP contribution in [0.25, 0.3) is 0 Å². The van der Waals surface area contributed by atoms with E-state index in [0.717, 1.165) is 5.33 Å². The molecule has 0 aromatic heterocycles. The predicted octanol–water partition coefficient (Wildman–Crippen LogP) is 5.13. The Morgan fingerprint density at radius 3 is 0.923 bits per heavy atom. The fourth-order valence-corrected chi connectivity index (χ4v) is 0.385. The second kappa shape index (κ2) is 29.5. The Hall–Kier alpha value is 0.180. The zero-order valence-corrected chi connectivity index (χ0v) is 12.1. The number of halogens is 2. The fourth-order valence-electron chi connectivity index (χ4n) is 0.385. The van der Waals surface area contributed by atoms with E-state index in [9.17, 15) is 0 Å². The summed E-state index contributed by atoms with van der Waals surface area (Å²) in [5.41, 5.74) is 0. The van der Waals surface area contributed by atoms with Crippen LogP contribution in [0, 0.1) is 0 Å². The summed E-state index contributed by atoms with van der Waals surface area (Å²) >= 11 is 6.08. The lowest BCUT2D eigenvalue weighted by molar-refractivity contribution is 1.50. The molecule has 0 fully saturated rings. The molecule has 0 heterocycles. The zero-order chi connectivity index (χ0) is 10.9. The van der Waals surface area contributed by atoms with Crippen LogP contribution < -0.4 is 0 Å². The van der Waals surface area contributed by atoms with E-state index >= 15 is 0 Å². The standard InChI is InChI=1S/C6H6.C2H5Br.C2H6.CH3Br/c1-2-4-6-5-3-1;1-2-3;2*1-2/h1-6H;2H2,1H3;1-2H3;1H3. The van der Waals surface area contributed by atoms with Gasteiger partial charge in [0.1, 0.15) is 0 Å². The van der Waals surface area contributed by atoms with Crippen LogP contribution in [0.1, 0.15) is 20.8 Å². The van der Waals surface area contributed by atoms with Crippen molar-refractivity contribution in [3.63, 3.8) is 0 Å². The maximum atomic E-state index is 3.15. The minimum absolute atomic E-state index is 1.06. The summed E-state index contributed by atoms with van der Waals surface area (Å²) in [6.07, 6.45) is 0. The molecule has 0 aliphatic carbocycles. The van der Waals surface area contributed by atoms with E-state index in [2.05, 4.69) is 31.9 Å². The van der Waals surface area contributed by atoms with Gasteiger partial charge in [-0.15, -0.1) is 0 Å². The average molecular weight is 312 g/mol. The molecule has 0 amide bonds. The van der Waals surface area contributed by atoms with Crippen LogP contribution in [0.5, 0.6) is 0 Å². The van der Waals surface area contributed by atoms with Gasteiger partial charge in [0.25, 0.3) is 0 Å². The van der Waals surface area contributed by atoms with Gasteiger partial charge in [-0.05, 0) is 5.83 Å². The Labute approximate surface area is 100 Å². The molecular weight excluding hydrogens is 292 g/mol. The Bertz CT molecular complexity index is 90.9. The third-order valence-corrected chi connectivity index (χ3v) is 0.667. The van der Waals surface area contributed by atoms with Crippen molar-refractivity contribution < 1.29 is 0 Å². The summed E-state index contributed by atoms with van der Waals surface area (Å²) < 4.78 is 0. The van der Waals surface area contributed by atoms with Gasteiger partial charge in [-0.2, -0.15) is 0 Å². The quantitative estimate of drug-likeness (QED) is 0.583. The largest absolute Gasteiger partial charge is 0.0966 e. The van der Waals surface area contributed by atoms with Crippen molar-refractivity contribution in [3.05, 3.63) is 36.4 Å². The fraction of sp³-hybridized carbons (Fsp3) is 0.455. The monoisotopic (exact) mass is 310 g/mol. The van der Waals surface area contributed by atoms with Gasteiger partial charge in [0, 0.05) is 5.33 Å². The summed E-state index contributed by atoms with van der Waals surface area (Å²) in [5, 5.41) is 1.06. The molecule has 0 aliphatic heterocycles. The third-order valence-electron chi connectivity index (χ3n) is 0.667. The van der Waals surface area contributed by atoms with E-state index in [1.165, 1.54) is 0 Å². The van der Waals surface area contributed by atoms with Gasteiger partial charge in [-0.1, -0.05) is 89.0 Å². The molecule has 78 valence electrons. The molecule has 0 saturated heterocycles. The van der Waals surface area contributed by atoms with Crippen molar-refractivity contribution in [3.8, 4) is 0 Å². The maximum Gasteiger partial charge on any atom is 0.000281 e. The molecule has 0 spiro atoms. The highest BCUT2D eigenvalue weighted by Gasteiger charge is 1.57. The van der Waals surface area contributed by atoms with E-state index in [0.29, 0.717) is 0 Å². The van der Waals surface area contributed by atoms with Crippen LogP contribution in [-0.4, -0.2) is 11.2 Å². The molecule has 1 aromatic rings. The predicted molar refractivity (Wildman–Crippen MR) is 72.1 cm³/mol. The van der Waals surface area contributed by atoms with E-state index < -0.39 is 0 Å². The van der Waals surface area contributed by atoms with E-state index in [1.54, 1.807) is 0 Å². The number of rotatable bonds is 0. The smallest absolute Gasteiger partial charge is 0.000281 e. The molecule has 0 radical (unpaired) electrons. The highest BCUT2D eigenvalue weighted by atomic mass is 79.9. The first kappa shape index (κ1) is 18.9. The van der Waals surface area contributed by atoms with E-state index in [4.69, 9.17) is 0 Å². The third kappa shape index (κ3) is 33.0. The van der Waals surface area contributed by atoms with Crippen LogP contribution in [0.4, 0.5) is 0 Å². The Morgan fingerprint density at radius 2 is 0.846 bits per heavy atom. The van der Waals surface area contributed by atoms with Crippen LogP contribution in [-0.2, 0) is 0 Å². The summed E-state index contributed by atoms with van der Waals surface area (Å²) in [5.74, 6) is 1.81. The first-order chi connectivity index (χ1) is 6.41. The summed E-state index contributed by atoms with van der Waals surface area (Å²) in [4.78, 5) is 0. The summed E-state index contributed by atoms with van der Waals surface area (Å²) in [6, 6.07) is 12.0. The van der Waals surface area contributed by atoms with Crippen molar-refractivity contribution in [1.29, 1.82) is 0 Å². The Balaban J connectivity index is -0.000000124. The van der Waals surface area contributed by atoms with Crippen molar-refractivity contribution in [2.45, 2.75) is 20.8 Å². The van der Waals surface area contributed by atoms with Gasteiger partial charge in [-0.3, -0.25) is 0 Å². The Morgan fingerprint density at radius 1 is 0.769 bits per heavy atom. The molecular formula is C11H20Br2. The van der Waals surface area contributed by atoms with Crippen LogP contribution in [0.15, 0.2) is 36.4 Å². The molecule has 0 nitrogen and oxygen atoms in total. The molecule has 0 atom stereocenters. The molecule has 0 N–H and O–H groups in total. The molecule has 0 bridgehead atoms.